The highest BCUT2D eigenvalue weighted by Crippen LogP contribution is 2.22. The van der Waals surface area contributed by atoms with Crippen LogP contribution in [0.2, 0.25) is 0 Å². The maximum Gasteiger partial charge on any atom is 0.166 e. The van der Waals surface area contributed by atoms with Gasteiger partial charge in [0.1, 0.15) is 5.37 Å². The third-order valence-electron chi connectivity index (χ3n) is 3.87. The second-order valence-corrected chi connectivity index (χ2v) is 8.72. The lowest BCUT2D eigenvalue weighted by Crippen LogP contribution is -2.53. The molecule has 2 rings (SSSR count). The Bertz CT molecular complexity index is 353. The summed E-state index contributed by atoms with van der Waals surface area (Å²) in [4.78, 5) is 2.19. The molecule has 0 aromatic rings. The first kappa shape index (κ1) is 14.6. The highest BCUT2D eigenvalue weighted by atomic mass is 32.2. The second kappa shape index (κ2) is 6.59. The van der Waals surface area contributed by atoms with Crippen LogP contribution in [0.1, 0.15) is 26.2 Å². The monoisotopic (exact) mass is 292 g/mol. The summed E-state index contributed by atoms with van der Waals surface area (Å²) in [6, 6.07) is 0.483. The minimum Gasteiger partial charge on any atom is -0.313 e. The van der Waals surface area contributed by atoms with Crippen molar-refractivity contribution in [1.29, 1.82) is 0 Å². The number of sulfone groups is 1. The van der Waals surface area contributed by atoms with Gasteiger partial charge in [-0.1, -0.05) is 13.3 Å². The Labute approximate surface area is 115 Å². The fourth-order valence-electron chi connectivity index (χ4n) is 2.71. The minimum absolute atomic E-state index is 0.257. The number of rotatable bonds is 4. The lowest BCUT2D eigenvalue weighted by atomic mass is 10.0. The predicted molar refractivity (Wildman–Crippen MR) is 77.8 cm³/mol. The van der Waals surface area contributed by atoms with Gasteiger partial charge in [-0.2, -0.15) is 11.8 Å². The molecule has 0 aliphatic carbocycles. The zero-order chi connectivity index (χ0) is 13.0. The Morgan fingerprint density at radius 2 is 2.22 bits per heavy atom. The zero-order valence-electron chi connectivity index (χ0n) is 11.1. The molecule has 2 fully saturated rings. The maximum atomic E-state index is 12.1. The molecule has 4 nitrogen and oxygen atoms in total. The van der Waals surface area contributed by atoms with Crippen molar-refractivity contribution in [3.63, 3.8) is 0 Å². The van der Waals surface area contributed by atoms with Crippen LogP contribution in [0.3, 0.4) is 0 Å². The van der Waals surface area contributed by atoms with E-state index in [2.05, 4.69) is 10.2 Å². The molecule has 0 saturated carbocycles. The first-order chi connectivity index (χ1) is 8.63. The molecule has 6 heteroatoms. The largest absolute Gasteiger partial charge is 0.313 e. The molecule has 2 saturated heterocycles. The molecule has 2 heterocycles. The molecule has 2 aliphatic heterocycles. The van der Waals surface area contributed by atoms with Crippen molar-refractivity contribution in [2.24, 2.45) is 0 Å². The van der Waals surface area contributed by atoms with E-state index in [0.29, 0.717) is 6.04 Å². The van der Waals surface area contributed by atoms with Crippen LogP contribution < -0.4 is 5.32 Å². The standard InChI is InChI=1S/C12H24N2O2S2/c1-2-18(15,16)12-10-17-8-7-14(12)9-11-5-3-4-6-13-11/h11-13H,2-10H2,1H3. The molecule has 0 aromatic heterocycles. The van der Waals surface area contributed by atoms with Crippen LogP contribution in [0.15, 0.2) is 0 Å². The molecule has 2 atom stereocenters. The van der Waals surface area contributed by atoms with Gasteiger partial charge in [0.25, 0.3) is 0 Å². The SMILES string of the molecule is CCS(=O)(=O)C1CSCCN1CC1CCCCN1. The van der Waals surface area contributed by atoms with E-state index in [0.717, 1.165) is 31.1 Å². The van der Waals surface area contributed by atoms with Crippen LogP contribution in [0.5, 0.6) is 0 Å². The summed E-state index contributed by atoms with van der Waals surface area (Å²) in [5, 5.41) is 3.25. The third-order valence-corrected chi connectivity index (χ3v) is 7.21. The van der Waals surface area contributed by atoms with Crippen LogP contribution in [0.25, 0.3) is 0 Å². The molecule has 18 heavy (non-hydrogen) atoms. The van der Waals surface area contributed by atoms with Crippen molar-refractivity contribution in [2.75, 3.05) is 36.9 Å². The molecule has 0 amide bonds. The van der Waals surface area contributed by atoms with Crippen molar-refractivity contribution in [2.45, 2.75) is 37.6 Å². The average Bonchev–Trinajstić information content (AvgIpc) is 2.40. The smallest absolute Gasteiger partial charge is 0.166 e. The highest BCUT2D eigenvalue weighted by Gasteiger charge is 2.33. The molecule has 0 aromatic carbocycles. The van der Waals surface area contributed by atoms with Gasteiger partial charge >= 0.3 is 0 Å². The number of nitrogens with zero attached hydrogens (tertiary/aromatic N) is 1. The number of hydrogen-bond acceptors (Lipinski definition) is 5. The van der Waals surface area contributed by atoms with Gasteiger partial charge in [-0.15, -0.1) is 0 Å². The molecule has 2 aliphatic rings. The molecule has 106 valence electrons. The highest BCUT2D eigenvalue weighted by molar-refractivity contribution is 8.01. The number of thioether (sulfide) groups is 1. The first-order valence-corrected chi connectivity index (χ1v) is 9.77. The molecule has 0 spiro atoms. The van der Waals surface area contributed by atoms with Crippen LogP contribution in [0.4, 0.5) is 0 Å². The summed E-state index contributed by atoms with van der Waals surface area (Å²) in [6.07, 6.45) is 3.71. The van der Waals surface area contributed by atoms with Gasteiger partial charge < -0.3 is 5.32 Å². The number of piperidine rings is 1. The summed E-state index contributed by atoms with van der Waals surface area (Å²) in [7, 11) is -2.94. The van der Waals surface area contributed by atoms with E-state index < -0.39 is 9.84 Å². The van der Waals surface area contributed by atoms with Gasteiger partial charge in [0.05, 0.1) is 0 Å². The zero-order valence-corrected chi connectivity index (χ0v) is 12.7. The Morgan fingerprint density at radius 3 is 2.89 bits per heavy atom. The Hall–Kier alpha value is 0.220. The molecule has 2 unspecified atom stereocenters. The minimum atomic E-state index is -2.94. The summed E-state index contributed by atoms with van der Waals surface area (Å²) in [6.45, 7) is 4.64. The van der Waals surface area contributed by atoms with E-state index in [1.54, 1.807) is 18.7 Å². The van der Waals surface area contributed by atoms with Gasteiger partial charge in [0, 0.05) is 36.4 Å². The van der Waals surface area contributed by atoms with Crippen molar-refractivity contribution < 1.29 is 8.42 Å². The molecular weight excluding hydrogens is 268 g/mol. The van der Waals surface area contributed by atoms with E-state index in [4.69, 9.17) is 0 Å². The van der Waals surface area contributed by atoms with Gasteiger partial charge in [0.15, 0.2) is 9.84 Å². The topological polar surface area (TPSA) is 49.4 Å². The van der Waals surface area contributed by atoms with Crippen LogP contribution in [-0.2, 0) is 9.84 Å². The molecular formula is C12H24N2O2S2. The van der Waals surface area contributed by atoms with E-state index >= 15 is 0 Å². The van der Waals surface area contributed by atoms with Crippen molar-refractivity contribution >= 4 is 21.6 Å². The van der Waals surface area contributed by atoms with E-state index in [9.17, 15) is 8.42 Å². The summed E-state index contributed by atoms with van der Waals surface area (Å²) >= 11 is 1.77. The molecule has 0 radical (unpaired) electrons. The van der Waals surface area contributed by atoms with Crippen molar-refractivity contribution in [1.82, 2.24) is 10.2 Å². The fourth-order valence-corrected chi connectivity index (χ4v) is 5.80. The average molecular weight is 292 g/mol. The number of nitrogens with one attached hydrogen (secondary N) is 1. The van der Waals surface area contributed by atoms with Crippen LogP contribution in [0, 0.1) is 0 Å². The summed E-state index contributed by atoms with van der Waals surface area (Å²) in [5.41, 5.74) is 0. The quantitative estimate of drug-likeness (QED) is 0.835. The first-order valence-electron chi connectivity index (χ1n) is 6.90. The predicted octanol–water partition coefficient (Wildman–Crippen LogP) is 0.938. The van der Waals surface area contributed by atoms with Gasteiger partial charge in [-0.05, 0) is 19.4 Å². The van der Waals surface area contributed by atoms with E-state index in [1.165, 1.54) is 19.3 Å². The number of hydrogen-bond donors (Lipinski definition) is 1. The van der Waals surface area contributed by atoms with Crippen LogP contribution in [-0.4, -0.2) is 61.6 Å². The van der Waals surface area contributed by atoms with Gasteiger partial charge in [0.2, 0.25) is 0 Å². The van der Waals surface area contributed by atoms with Crippen LogP contribution >= 0.6 is 11.8 Å². The van der Waals surface area contributed by atoms with Gasteiger partial charge in [-0.3, -0.25) is 4.90 Å². The normalized spacial score (nSPS) is 31.4. The second-order valence-electron chi connectivity index (χ2n) is 5.12. The Kier molecular flexibility index (Phi) is 5.35. The van der Waals surface area contributed by atoms with Crippen molar-refractivity contribution in [3.8, 4) is 0 Å². The summed E-state index contributed by atoms with van der Waals surface area (Å²) < 4.78 is 24.3. The Morgan fingerprint density at radius 1 is 1.39 bits per heavy atom. The van der Waals surface area contributed by atoms with Gasteiger partial charge in [-0.25, -0.2) is 8.42 Å². The molecule has 1 N–H and O–H groups in total. The molecule has 0 bridgehead atoms. The van der Waals surface area contributed by atoms with Crippen molar-refractivity contribution in [3.05, 3.63) is 0 Å². The van der Waals surface area contributed by atoms with E-state index in [-0.39, 0.29) is 11.1 Å². The lowest BCUT2D eigenvalue weighted by Gasteiger charge is -2.38. The summed E-state index contributed by atoms with van der Waals surface area (Å²) in [5.74, 6) is 2.05. The van der Waals surface area contributed by atoms with E-state index in [1.807, 2.05) is 0 Å². The maximum absolute atomic E-state index is 12.1. The Balaban J connectivity index is 1.99. The lowest BCUT2D eigenvalue weighted by molar-refractivity contribution is 0.221. The fraction of sp³-hybridized carbons (Fsp3) is 1.00. The third kappa shape index (κ3) is 3.62.